The number of nitrogens with one attached hydrogen (secondary N) is 1. The number of pyridine rings is 3. The smallest absolute Gasteiger partial charge is 0.244 e. The number of anilines is 2. The first kappa shape index (κ1) is 25.0. The van der Waals surface area contributed by atoms with Crippen molar-refractivity contribution in [3.05, 3.63) is 66.2 Å². The highest BCUT2D eigenvalue weighted by Gasteiger charge is 2.50. The molecule has 2 bridgehead atoms. The van der Waals surface area contributed by atoms with Crippen molar-refractivity contribution >= 4 is 22.9 Å². The lowest BCUT2D eigenvalue weighted by Gasteiger charge is -2.56. The maximum atomic E-state index is 12.7. The van der Waals surface area contributed by atoms with Crippen molar-refractivity contribution in [3.63, 3.8) is 0 Å². The van der Waals surface area contributed by atoms with Gasteiger partial charge in [0.25, 0.3) is 0 Å². The Labute approximate surface area is 236 Å². The lowest BCUT2D eigenvalue weighted by atomic mass is 9.87. The van der Waals surface area contributed by atoms with Crippen LogP contribution in [0.25, 0.3) is 16.6 Å². The Morgan fingerprint density at radius 3 is 2.59 bits per heavy atom. The quantitative estimate of drug-likeness (QED) is 0.371. The summed E-state index contributed by atoms with van der Waals surface area (Å²) >= 11 is 0. The third kappa shape index (κ3) is 4.31. The molecule has 4 fully saturated rings. The van der Waals surface area contributed by atoms with Gasteiger partial charge in [-0.25, -0.2) is 14.5 Å². The number of nitriles is 2. The number of carbonyl (C=O) groups excluding carboxylic acids is 1. The van der Waals surface area contributed by atoms with Crippen LogP contribution in [0.3, 0.4) is 0 Å². The minimum Gasteiger partial charge on any atom is -0.481 e. The molecule has 1 saturated carbocycles. The van der Waals surface area contributed by atoms with Crippen molar-refractivity contribution in [1.82, 2.24) is 24.5 Å². The second-order valence-corrected chi connectivity index (χ2v) is 11.0. The molecule has 3 aliphatic heterocycles. The van der Waals surface area contributed by atoms with Gasteiger partial charge in [-0.05, 0) is 43.0 Å². The van der Waals surface area contributed by atoms with E-state index in [-0.39, 0.29) is 5.91 Å². The fourth-order valence-corrected chi connectivity index (χ4v) is 5.96. The predicted molar refractivity (Wildman–Crippen MR) is 150 cm³/mol. The molecule has 4 aromatic rings. The highest BCUT2D eigenvalue weighted by atomic mass is 16.5. The van der Waals surface area contributed by atoms with Gasteiger partial charge in [0.15, 0.2) is 0 Å². The molecule has 3 saturated heterocycles. The number of aromatic nitrogens is 4. The summed E-state index contributed by atoms with van der Waals surface area (Å²) in [5, 5.41) is 26.3. The summed E-state index contributed by atoms with van der Waals surface area (Å²) in [7, 11) is 1.62. The zero-order valence-electron chi connectivity index (χ0n) is 22.5. The Hall–Kier alpha value is -5.00. The Balaban J connectivity index is 1.10. The zero-order valence-corrected chi connectivity index (χ0v) is 22.5. The number of piperazine rings is 1. The molecule has 2 atom stereocenters. The average molecular weight is 546 g/mol. The van der Waals surface area contributed by atoms with Crippen LogP contribution < -0.4 is 15.0 Å². The highest BCUT2D eigenvalue weighted by molar-refractivity contribution is 6.00. The van der Waals surface area contributed by atoms with Gasteiger partial charge in [-0.3, -0.25) is 9.69 Å². The minimum atomic E-state index is -0.948. The van der Waals surface area contributed by atoms with Gasteiger partial charge in [0.1, 0.15) is 17.3 Å². The number of ether oxygens (including phenoxy) is 1. The maximum absolute atomic E-state index is 12.7. The summed E-state index contributed by atoms with van der Waals surface area (Å²) in [5.74, 6) is 1.22. The van der Waals surface area contributed by atoms with E-state index in [9.17, 15) is 15.3 Å². The fourth-order valence-electron chi connectivity index (χ4n) is 5.96. The Bertz CT molecular complexity index is 1720. The third-order valence-corrected chi connectivity index (χ3v) is 8.49. The van der Waals surface area contributed by atoms with Crippen molar-refractivity contribution in [2.75, 3.05) is 30.4 Å². The lowest BCUT2D eigenvalue weighted by molar-refractivity contribution is -0.119. The van der Waals surface area contributed by atoms with Crippen LogP contribution in [-0.2, 0) is 11.3 Å². The van der Waals surface area contributed by atoms with Crippen LogP contribution in [0.4, 0.5) is 11.5 Å². The summed E-state index contributed by atoms with van der Waals surface area (Å²) in [6, 6.07) is 15.1. The molecular weight excluding hydrogens is 518 g/mol. The minimum absolute atomic E-state index is 0.313. The topological polar surface area (TPSA) is 135 Å². The van der Waals surface area contributed by atoms with Crippen LogP contribution in [0.2, 0.25) is 0 Å². The first-order chi connectivity index (χ1) is 20.0. The summed E-state index contributed by atoms with van der Waals surface area (Å²) < 4.78 is 6.76. The molecule has 2 unspecified atom stereocenters. The first-order valence-electron chi connectivity index (χ1n) is 13.6. The van der Waals surface area contributed by atoms with Gasteiger partial charge in [0, 0.05) is 61.3 Å². The van der Waals surface area contributed by atoms with Gasteiger partial charge in [0.2, 0.25) is 11.8 Å². The molecule has 0 spiro atoms. The van der Waals surface area contributed by atoms with Gasteiger partial charge in [-0.2, -0.15) is 15.6 Å². The monoisotopic (exact) mass is 545 g/mol. The van der Waals surface area contributed by atoms with Crippen LogP contribution in [0.5, 0.6) is 5.88 Å². The number of carbonyl (C=O) groups is 1. The summed E-state index contributed by atoms with van der Waals surface area (Å²) in [5.41, 5.74) is 3.36. The van der Waals surface area contributed by atoms with Crippen molar-refractivity contribution in [3.8, 4) is 29.1 Å². The number of rotatable bonds is 7. The predicted octanol–water partition coefficient (Wildman–Crippen LogP) is 3.38. The highest BCUT2D eigenvalue weighted by Crippen LogP contribution is 2.46. The van der Waals surface area contributed by atoms with Gasteiger partial charge in [0.05, 0.1) is 42.3 Å². The average Bonchev–Trinajstić information content (AvgIpc) is 3.72. The van der Waals surface area contributed by atoms with Crippen LogP contribution in [0.15, 0.2) is 55.1 Å². The molecule has 0 radical (unpaired) electrons. The van der Waals surface area contributed by atoms with E-state index in [4.69, 9.17) is 9.72 Å². The molecule has 204 valence electrons. The van der Waals surface area contributed by atoms with E-state index in [0.717, 1.165) is 36.6 Å². The van der Waals surface area contributed by atoms with Crippen LogP contribution >= 0.6 is 0 Å². The number of piperidine rings is 1. The molecule has 4 aliphatic rings. The molecule has 11 nitrogen and oxygen atoms in total. The second kappa shape index (κ2) is 9.58. The van der Waals surface area contributed by atoms with Gasteiger partial charge >= 0.3 is 0 Å². The number of hydrogen-bond acceptors (Lipinski definition) is 9. The Morgan fingerprint density at radius 2 is 1.95 bits per heavy atom. The zero-order chi connectivity index (χ0) is 28.1. The molecule has 8 rings (SSSR count). The molecular formula is C30H27N9O2. The summed E-state index contributed by atoms with van der Waals surface area (Å²) in [6.07, 6.45) is 9.17. The summed E-state index contributed by atoms with van der Waals surface area (Å²) in [4.78, 5) is 26.7. The van der Waals surface area contributed by atoms with E-state index in [0.29, 0.717) is 47.6 Å². The largest absolute Gasteiger partial charge is 0.481 e. The second-order valence-electron chi connectivity index (χ2n) is 11.0. The van der Waals surface area contributed by atoms with E-state index in [2.05, 4.69) is 43.4 Å². The maximum Gasteiger partial charge on any atom is 0.244 e. The molecule has 1 aliphatic carbocycles. The van der Waals surface area contributed by atoms with E-state index in [1.165, 1.54) is 18.2 Å². The number of hydrogen-bond donors (Lipinski definition) is 1. The van der Waals surface area contributed by atoms with Crippen molar-refractivity contribution in [1.29, 1.82) is 10.5 Å². The third-order valence-electron chi connectivity index (χ3n) is 8.49. The normalized spacial score (nSPS) is 20.5. The molecule has 7 heterocycles. The van der Waals surface area contributed by atoms with E-state index < -0.39 is 5.41 Å². The first-order valence-corrected chi connectivity index (χ1v) is 13.6. The molecule has 0 aromatic carbocycles. The van der Waals surface area contributed by atoms with Crippen molar-refractivity contribution in [2.24, 2.45) is 5.41 Å². The number of amides is 1. The van der Waals surface area contributed by atoms with E-state index in [1.807, 2.05) is 36.7 Å². The lowest BCUT2D eigenvalue weighted by Crippen LogP contribution is -2.68. The Kier molecular flexibility index (Phi) is 5.84. The van der Waals surface area contributed by atoms with Crippen molar-refractivity contribution in [2.45, 2.75) is 37.9 Å². The molecule has 4 aromatic heterocycles. The SMILES string of the molecule is COc1ccc(CN2C3CC2CN(c2ccc(-c4cc(NC(=O)C5(C#N)CC5)cn5ncc(C#N)c45)cn2)C3)cn1. The molecule has 1 N–H and O–H groups in total. The van der Waals surface area contributed by atoms with Crippen LogP contribution in [0.1, 0.15) is 30.4 Å². The Morgan fingerprint density at radius 1 is 1.12 bits per heavy atom. The van der Waals surface area contributed by atoms with E-state index in [1.54, 1.807) is 17.8 Å². The van der Waals surface area contributed by atoms with Crippen LogP contribution in [-0.4, -0.2) is 62.7 Å². The fraction of sp³-hybridized carbons (Fsp3) is 0.333. The summed E-state index contributed by atoms with van der Waals surface area (Å²) in [6.45, 7) is 2.68. The number of nitrogens with zero attached hydrogens (tertiary/aromatic N) is 8. The van der Waals surface area contributed by atoms with Gasteiger partial charge < -0.3 is 15.0 Å². The number of methoxy groups -OCH3 is 1. The standard InChI is InChI=1S/C30H27N9O2/c1-41-27-5-2-19(11-34-27)14-38-23-9-24(38)17-37(16-23)26-4-3-20(12-33-26)25-8-22(36-29(40)30(18-32)6-7-30)15-39-28(25)21(10-31)13-35-39/h2-5,8,11-13,15,23-24H,6-7,9,14,16-17H2,1H3,(H,36,40). The molecule has 1 amide bonds. The molecule has 41 heavy (non-hydrogen) atoms. The molecule has 11 heteroatoms. The number of fused-ring (bicyclic) bond motifs is 3. The van der Waals surface area contributed by atoms with E-state index >= 15 is 0 Å². The van der Waals surface area contributed by atoms with Gasteiger partial charge in [-0.1, -0.05) is 6.07 Å². The van der Waals surface area contributed by atoms with Gasteiger partial charge in [-0.15, -0.1) is 0 Å². The van der Waals surface area contributed by atoms with Crippen molar-refractivity contribution < 1.29 is 9.53 Å². The van der Waals surface area contributed by atoms with Crippen LogP contribution in [0, 0.1) is 28.1 Å².